The summed E-state index contributed by atoms with van der Waals surface area (Å²) in [7, 11) is -4.99. The summed E-state index contributed by atoms with van der Waals surface area (Å²) < 4.78 is 41.2. The third-order valence-electron chi connectivity index (χ3n) is 7.50. The smallest absolute Gasteiger partial charge is 0.418 e. The van der Waals surface area contributed by atoms with Crippen molar-refractivity contribution in [2.24, 2.45) is 11.1 Å². The van der Waals surface area contributed by atoms with E-state index in [0.717, 1.165) is 54.2 Å². The molecule has 17 nitrogen and oxygen atoms in total. The molecule has 1 aromatic carbocycles. The van der Waals surface area contributed by atoms with E-state index in [1.807, 2.05) is 12.1 Å². The number of nitrogens with one attached hydrogen (secondary N) is 1. The van der Waals surface area contributed by atoms with Gasteiger partial charge in [0.1, 0.15) is 23.9 Å². The summed E-state index contributed by atoms with van der Waals surface area (Å²) in [6.07, 6.45) is -2.14. The fraction of sp³-hybridized carbons (Fsp3) is 0.407. The third kappa shape index (κ3) is 7.34. The number of hydrogen-bond donors (Lipinski definition) is 4. The number of hydroxylamine groups is 2. The molecule has 4 heterocycles. The number of aromatic nitrogens is 2. The number of aliphatic carboxylic acids is 1. The molecule has 0 saturated carbocycles. The van der Waals surface area contributed by atoms with Crippen LogP contribution >= 0.6 is 11.3 Å². The number of oxime groups is 1. The molecule has 46 heavy (non-hydrogen) atoms. The van der Waals surface area contributed by atoms with Gasteiger partial charge in [-0.2, -0.15) is 13.5 Å². The first kappa shape index (κ1) is 32.9. The van der Waals surface area contributed by atoms with Crippen LogP contribution < -0.4 is 20.7 Å². The number of nitrogen functional groups attached to an aromatic ring is 1. The van der Waals surface area contributed by atoms with Gasteiger partial charge >= 0.3 is 16.4 Å². The lowest BCUT2D eigenvalue weighted by Gasteiger charge is -2.50. The van der Waals surface area contributed by atoms with E-state index in [0.29, 0.717) is 10.8 Å². The van der Waals surface area contributed by atoms with E-state index in [-0.39, 0.29) is 10.8 Å². The minimum Gasteiger partial charge on any atom is -0.489 e. The van der Waals surface area contributed by atoms with Gasteiger partial charge in [0.15, 0.2) is 16.6 Å². The van der Waals surface area contributed by atoms with Crippen molar-refractivity contribution in [3.8, 4) is 5.75 Å². The Kier molecular flexibility index (Phi) is 9.40. The van der Waals surface area contributed by atoms with Crippen molar-refractivity contribution < 1.29 is 46.3 Å². The molecular formula is C27H31N7O10S2. The van der Waals surface area contributed by atoms with Crippen LogP contribution in [0.3, 0.4) is 0 Å². The van der Waals surface area contributed by atoms with E-state index in [1.165, 1.54) is 19.2 Å². The number of amides is 1. The van der Waals surface area contributed by atoms with Crippen LogP contribution in [0, 0.1) is 5.92 Å². The van der Waals surface area contributed by atoms with Crippen LogP contribution in [0.5, 0.6) is 5.75 Å². The average Bonchev–Trinajstić information content (AvgIpc) is 3.45. The summed E-state index contributed by atoms with van der Waals surface area (Å²) in [5.41, 5.74) is 4.72. The summed E-state index contributed by atoms with van der Waals surface area (Å²) in [6, 6.07) is 8.95. The molecule has 0 spiro atoms. The normalized spacial score (nSPS) is 19.1. The van der Waals surface area contributed by atoms with E-state index < -0.39 is 64.4 Å². The number of fused-ring (bicyclic) bond motifs is 1. The van der Waals surface area contributed by atoms with Crippen molar-refractivity contribution in [2.75, 3.05) is 43.4 Å². The molecule has 1 amide bonds. The Labute approximate surface area is 266 Å². The number of Topliss-reactive ketones (excluding diaryl/α,β-unsaturated/α-hetero) is 1. The van der Waals surface area contributed by atoms with Gasteiger partial charge in [0.25, 0.3) is 12.0 Å². The zero-order valence-electron chi connectivity index (χ0n) is 24.7. The number of hydrogen-bond acceptors (Lipinski definition) is 15. The number of rotatable bonds is 13. The summed E-state index contributed by atoms with van der Waals surface area (Å²) in [5, 5.41) is 19.6. The molecule has 246 valence electrons. The van der Waals surface area contributed by atoms with Gasteiger partial charge in [-0.1, -0.05) is 5.16 Å². The molecule has 5 rings (SSSR count). The predicted octanol–water partition coefficient (Wildman–Crippen LogP) is 0.867. The van der Waals surface area contributed by atoms with Crippen LogP contribution in [-0.4, -0.2) is 101 Å². The number of carbonyl (C=O) groups is 3. The SMILES string of the molecule is CC1(C)C(CC(=O)/C(=N\OC(COc2ccc3nc(N4CCNCC4)ccc3c2)C(=O)O)c2csc(N)n2)C(=O)N1OS(=O)(=O)O. The molecule has 2 fully saturated rings. The number of benzene rings is 1. The van der Waals surface area contributed by atoms with Gasteiger partial charge in [0.05, 0.1) is 17.0 Å². The highest BCUT2D eigenvalue weighted by molar-refractivity contribution is 7.80. The maximum absolute atomic E-state index is 13.3. The van der Waals surface area contributed by atoms with Crippen molar-refractivity contribution in [2.45, 2.75) is 31.9 Å². The van der Waals surface area contributed by atoms with Gasteiger partial charge in [-0.25, -0.2) is 14.8 Å². The van der Waals surface area contributed by atoms with Crippen molar-refractivity contribution >= 4 is 67.0 Å². The zero-order chi connectivity index (χ0) is 33.2. The first-order chi connectivity index (χ1) is 21.7. The molecule has 19 heteroatoms. The van der Waals surface area contributed by atoms with Crippen molar-refractivity contribution in [3.05, 3.63) is 41.4 Å². The fourth-order valence-electron chi connectivity index (χ4n) is 4.97. The van der Waals surface area contributed by atoms with Crippen molar-refractivity contribution in [3.63, 3.8) is 0 Å². The molecule has 0 bridgehead atoms. The third-order valence-corrected chi connectivity index (χ3v) is 8.51. The molecule has 3 aromatic rings. The molecule has 2 atom stereocenters. The molecule has 5 N–H and O–H groups in total. The van der Waals surface area contributed by atoms with Gasteiger partial charge < -0.3 is 30.6 Å². The molecule has 2 saturated heterocycles. The molecule has 2 aromatic heterocycles. The van der Waals surface area contributed by atoms with Crippen LogP contribution in [-0.2, 0) is 33.9 Å². The Morgan fingerprint density at radius 2 is 1.96 bits per heavy atom. The highest BCUT2D eigenvalue weighted by Crippen LogP contribution is 2.40. The largest absolute Gasteiger partial charge is 0.489 e. The maximum atomic E-state index is 13.3. The van der Waals surface area contributed by atoms with Gasteiger partial charge in [-0.3, -0.25) is 14.1 Å². The number of ether oxygens (including phenoxy) is 1. The summed E-state index contributed by atoms with van der Waals surface area (Å²) >= 11 is 0.990. The van der Waals surface area contributed by atoms with Gasteiger partial charge in [0.2, 0.25) is 0 Å². The molecular weight excluding hydrogens is 646 g/mol. The fourth-order valence-corrected chi connectivity index (χ4v) is 5.98. The highest BCUT2D eigenvalue weighted by Gasteiger charge is 2.57. The topological polar surface area (TPSA) is 236 Å². The number of carboxylic acids is 1. The number of β-lactam (4-membered cyclic amide) rings is 1. The standard InChI is InChI=1S/C27H31N7O10S2/c1-27(2)17(24(36)34(27)44-46(39,40)41)12-20(35)23(19-14-45-26(28)31-19)32-43-21(25(37)38)13-42-16-4-5-18-15(11-16)3-6-22(30-18)33-9-7-29-8-10-33/h3-6,11,14,17,21,29H,7-10,12-13H2,1-2H3,(H2,28,31)(H,37,38)(H,39,40,41)/b32-23-. The number of anilines is 2. The first-order valence-corrected chi connectivity index (χ1v) is 16.2. The van der Waals surface area contributed by atoms with Gasteiger partial charge in [0, 0.05) is 43.4 Å². The van der Waals surface area contributed by atoms with E-state index in [4.69, 9.17) is 24.8 Å². The molecule has 2 aliphatic heterocycles. The number of carbonyl (C=O) groups excluding carboxylic acids is 2. The van der Waals surface area contributed by atoms with Crippen LogP contribution in [0.25, 0.3) is 10.9 Å². The second kappa shape index (κ2) is 13.1. The summed E-state index contributed by atoms with van der Waals surface area (Å²) in [6.45, 7) is 5.83. The number of thiazole rings is 1. The van der Waals surface area contributed by atoms with E-state index in [9.17, 15) is 27.9 Å². The minimum absolute atomic E-state index is 0.0182. The molecule has 0 radical (unpaired) electrons. The van der Waals surface area contributed by atoms with Crippen LogP contribution in [0.15, 0.2) is 40.9 Å². The number of piperazine rings is 1. The Morgan fingerprint density at radius 3 is 2.59 bits per heavy atom. The number of nitrogens with zero attached hydrogens (tertiary/aromatic N) is 5. The number of pyridine rings is 1. The van der Waals surface area contributed by atoms with E-state index >= 15 is 0 Å². The summed E-state index contributed by atoms with van der Waals surface area (Å²) in [4.78, 5) is 54.1. The summed E-state index contributed by atoms with van der Waals surface area (Å²) in [5.74, 6) is -2.93. The Bertz CT molecular complexity index is 1790. The molecule has 2 aliphatic rings. The minimum atomic E-state index is -4.99. The van der Waals surface area contributed by atoms with Crippen molar-refractivity contribution in [1.82, 2.24) is 20.3 Å². The first-order valence-electron chi connectivity index (χ1n) is 13.9. The van der Waals surface area contributed by atoms with Gasteiger partial charge in [-0.05, 0) is 44.2 Å². The van der Waals surface area contributed by atoms with E-state index in [2.05, 4.69) is 24.6 Å². The Hall–Kier alpha value is -4.43. The Morgan fingerprint density at radius 1 is 1.22 bits per heavy atom. The lowest BCUT2D eigenvalue weighted by Crippen LogP contribution is -2.68. The number of carboxylic acid groups (broad SMARTS) is 1. The van der Waals surface area contributed by atoms with E-state index in [1.54, 1.807) is 18.2 Å². The highest BCUT2D eigenvalue weighted by atomic mass is 32.3. The monoisotopic (exact) mass is 677 g/mol. The van der Waals surface area contributed by atoms with Crippen LogP contribution in [0.2, 0.25) is 0 Å². The predicted molar refractivity (Wildman–Crippen MR) is 165 cm³/mol. The van der Waals surface area contributed by atoms with Crippen LogP contribution in [0.4, 0.5) is 10.9 Å². The zero-order valence-corrected chi connectivity index (χ0v) is 26.3. The second-order valence-corrected chi connectivity index (χ2v) is 12.9. The lowest BCUT2D eigenvalue weighted by molar-refractivity contribution is -0.228. The van der Waals surface area contributed by atoms with Crippen molar-refractivity contribution in [1.29, 1.82) is 0 Å². The average molecular weight is 678 g/mol. The van der Waals surface area contributed by atoms with Gasteiger partial charge in [-0.15, -0.1) is 15.6 Å². The lowest BCUT2D eigenvalue weighted by atomic mass is 9.74. The number of ketones is 1. The maximum Gasteiger partial charge on any atom is 0.418 e. The van der Waals surface area contributed by atoms with Crippen LogP contribution in [0.1, 0.15) is 26.0 Å². The molecule has 2 unspecified atom stereocenters. The molecule has 0 aliphatic carbocycles. The Balaban J connectivity index is 1.28. The number of nitrogens with two attached hydrogens (primary N) is 1. The quantitative estimate of drug-likeness (QED) is 0.0850. The second-order valence-electron chi connectivity index (χ2n) is 11.0.